The lowest BCUT2D eigenvalue weighted by Gasteiger charge is -2.14. The molecule has 0 fully saturated rings. The van der Waals surface area contributed by atoms with E-state index in [1.807, 2.05) is 37.3 Å². The highest BCUT2D eigenvalue weighted by molar-refractivity contribution is 5.18. The van der Waals surface area contributed by atoms with Crippen molar-refractivity contribution >= 4 is 0 Å². The first-order valence-electron chi connectivity index (χ1n) is 4.78. The molecule has 0 saturated carbocycles. The zero-order valence-electron chi connectivity index (χ0n) is 8.55. The largest absolute Gasteiger partial charge is 0.301 e. The van der Waals surface area contributed by atoms with Gasteiger partial charge in [0.2, 0.25) is 6.54 Å². The number of rotatable bonds is 6. The number of nitro groups is 1. The lowest BCUT2D eigenvalue weighted by Crippen LogP contribution is -2.28. The van der Waals surface area contributed by atoms with Crippen LogP contribution in [-0.4, -0.2) is 18.1 Å². The van der Waals surface area contributed by atoms with E-state index in [1.165, 1.54) is 0 Å². The topological polar surface area (TPSA) is 64.4 Å². The van der Waals surface area contributed by atoms with E-state index in [-0.39, 0.29) is 11.5 Å². The molecule has 1 N–H and O–H groups in total. The van der Waals surface area contributed by atoms with Crippen molar-refractivity contribution in [2.24, 2.45) is 0 Å². The van der Waals surface area contributed by atoms with Gasteiger partial charge in [0.05, 0.1) is 6.61 Å². The zero-order valence-corrected chi connectivity index (χ0v) is 8.55. The Morgan fingerprint density at radius 2 is 2.13 bits per heavy atom. The van der Waals surface area contributed by atoms with E-state index in [1.54, 1.807) is 0 Å². The number of nitrogens with zero attached hydrogens (tertiary/aromatic N) is 1. The molecule has 0 aliphatic rings. The summed E-state index contributed by atoms with van der Waals surface area (Å²) in [7, 11) is 0. The van der Waals surface area contributed by atoms with E-state index in [2.05, 4.69) is 5.48 Å². The molecule has 0 spiro atoms. The summed E-state index contributed by atoms with van der Waals surface area (Å²) >= 11 is 0. The molecular weight excluding hydrogens is 196 g/mol. The second-order valence-electron chi connectivity index (χ2n) is 3.03. The van der Waals surface area contributed by atoms with Crippen molar-refractivity contribution in [2.75, 3.05) is 13.2 Å². The highest BCUT2D eigenvalue weighted by Gasteiger charge is 2.16. The van der Waals surface area contributed by atoms with Gasteiger partial charge in [0.1, 0.15) is 6.04 Å². The highest BCUT2D eigenvalue weighted by Crippen LogP contribution is 2.12. The Balaban J connectivity index is 2.67. The minimum absolute atomic E-state index is 0.190. The molecule has 1 unspecified atom stereocenters. The van der Waals surface area contributed by atoms with Gasteiger partial charge in [-0.25, -0.2) is 0 Å². The minimum Gasteiger partial charge on any atom is -0.301 e. The molecule has 1 aromatic carbocycles. The molecule has 0 radical (unpaired) electrons. The molecule has 0 heterocycles. The average molecular weight is 210 g/mol. The van der Waals surface area contributed by atoms with Gasteiger partial charge in [0.25, 0.3) is 0 Å². The summed E-state index contributed by atoms with van der Waals surface area (Å²) in [5.74, 6) is 0. The van der Waals surface area contributed by atoms with Crippen LogP contribution >= 0.6 is 0 Å². The van der Waals surface area contributed by atoms with Crippen molar-refractivity contribution < 1.29 is 9.76 Å². The molecule has 5 heteroatoms. The number of hydrogen-bond acceptors (Lipinski definition) is 4. The number of hydrogen-bond donors (Lipinski definition) is 1. The molecule has 82 valence electrons. The predicted molar refractivity (Wildman–Crippen MR) is 55.8 cm³/mol. The summed E-state index contributed by atoms with van der Waals surface area (Å²) in [6.45, 7) is 2.10. The van der Waals surface area contributed by atoms with E-state index in [0.29, 0.717) is 6.61 Å². The Kier molecular flexibility index (Phi) is 4.73. The Bertz CT molecular complexity index is 303. The Hall–Kier alpha value is -1.46. The first-order chi connectivity index (χ1) is 7.24. The summed E-state index contributed by atoms with van der Waals surface area (Å²) in [5.41, 5.74) is 3.53. The fourth-order valence-corrected chi connectivity index (χ4v) is 1.23. The summed E-state index contributed by atoms with van der Waals surface area (Å²) in [5, 5.41) is 10.5. The van der Waals surface area contributed by atoms with E-state index in [4.69, 9.17) is 4.84 Å². The van der Waals surface area contributed by atoms with Gasteiger partial charge < -0.3 is 4.84 Å². The van der Waals surface area contributed by atoms with Crippen molar-refractivity contribution in [3.63, 3.8) is 0 Å². The predicted octanol–water partition coefficient (Wildman–Crippen LogP) is 1.55. The van der Waals surface area contributed by atoms with Crippen LogP contribution in [-0.2, 0) is 4.84 Å². The van der Waals surface area contributed by atoms with Gasteiger partial charge in [-0.2, -0.15) is 5.48 Å². The molecular formula is C10H14N2O3. The first-order valence-corrected chi connectivity index (χ1v) is 4.78. The summed E-state index contributed by atoms with van der Waals surface area (Å²) in [6.07, 6.45) is 0. The van der Waals surface area contributed by atoms with Crippen LogP contribution in [0, 0.1) is 10.1 Å². The molecule has 0 aliphatic heterocycles. The maximum atomic E-state index is 10.5. The minimum atomic E-state index is -0.402. The third-order valence-electron chi connectivity index (χ3n) is 1.90. The van der Waals surface area contributed by atoms with Crippen LogP contribution in [0.4, 0.5) is 0 Å². The molecule has 0 saturated heterocycles. The maximum Gasteiger partial charge on any atom is 0.225 e. The second-order valence-corrected chi connectivity index (χ2v) is 3.03. The molecule has 0 aliphatic carbocycles. The van der Waals surface area contributed by atoms with Crippen molar-refractivity contribution in [1.82, 2.24) is 5.48 Å². The van der Waals surface area contributed by atoms with Crippen LogP contribution in [0.1, 0.15) is 18.5 Å². The summed E-state index contributed by atoms with van der Waals surface area (Å²) in [4.78, 5) is 15.1. The van der Waals surface area contributed by atoms with Gasteiger partial charge in [-0.3, -0.25) is 10.1 Å². The van der Waals surface area contributed by atoms with E-state index < -0.39 is 6.04 Å². The van der Waals surface area contributed by atoms with Crippen LogP contribution in [0.5, 0.6) is 0 Å². The van der Waals surface area contributed by atoms with E-state index >= 15 is 0 Å². The number of nitrogens with one attached hydrogen (secondary N) is 1. The van der Waals surface area contributed by atoms with Crippen molar-refractivity contribution in [3.05, 3.63) is 46.0 Å². The molecule has 1 atom stereocenters. The van der Waals surface area contributed by atoms with Crippen molar-refractivity contribution in [2.45, 2.75) is 13.0 Å². The summed E-state index contributed by atoms with van der Waals surface area (Å²) in [6, 6.07) is 8.82. The molecule has 5 nitrogen and oxygen atoms in total. The molecule has 0 amide bonds. The molecule has 15 heavy (non-hydrogen) atoms. The van der Waals surface area contributed by atoms with Crippen LogP contribution in [0.3, 0.4) is 0 Å². The fourth-order valence-electron chi connectivity index (χ4n) is 1.23. The quantitative estimate of drug-likeness (QED) is 0.571. The Morgan fingerprint density at radius 1 is 1.47 bits per heavy atom. The lowest BCUT2D eigenvalue weighted by molar-refractivity contribution is -0.486. The van der Waals surface area contributed by atoms with Gasteiger partial charge >= 0.3 is 0 Å². The molecule has 0 bridgehead atoms. The van der Waals surface area contributed by atoms with Gasteiger partial charge in [-0.15, -0.1) is 0 Å². The molecule has 0 aromatic heterocycles. The van der Waals surface area contributed by atoms with E-state index in [0.717, 1.165) is 5.56 Å². The second kappa shape index (κ2) is 6.10. The van der Waals surface area contributed by atoms with E-state index in [9.17, 15) is 10.1 Å². The van der Waals surface area contributed by atoms with Gasteiger partial charge in [-0.05, 0) is 12.5 Å². The third-order valence-corrected chi connectivity index (χ3v) is 1.90. The van der Waals surface area contributed by atoms with Gasteiger partial charge in [0, 0.05) is 4.92 Å². The van der Waals surface area contributed by atoms with Crippen molar-refractivity contribution in [3.8, 4) is 0 Å². The number of benzene rings is 1. The lowest BCUT2D eigenvalue weighted by atomic mass is 10.1. The van der Waals surface area contributed by atoms with Crippen LogP contribution in [0.15, 0.2) is 30.3 Å². The Labute approximate surface area is 88.2 Å². The fraction of sp³-hybridized carbons (Fsp3) is 0.400. The van der Waals surface area contributed by atoms with Crippen LogP contribution in [0.25, 0.3) is 0 Å². The smallest absolute Gasteiger partial charge is 0.225 e. The standard InChI is InChI=1S/C10H14N2O3/c1-2-15-11-10(8-12(13)14)9-6-4-3-5-7-9/h3-7,10-11H,2,8H2,1H3. The third kappa shape index (κ3) is 4.05. The average Bonchev–Trinajstić information content (AvgIpc) is 2.25. The van der Waals surface area contributed by atoms with Crippen LogP contribution < -0.4 is 5.48 Å². The molecule has 1 rings (SSSR count). The van der Waals surface area contributed by atoms with Gasteiger partial charge in [-0.1, -0.05) is 30.3 Å². The van der Waals surface area contributed by atoms with Crippen LogP contribution in [0.2, 0.25) is 0 Å². The monoisotopic (exact) mass is 210 g/mol. The maximum absolute atomic E-state index is 10.5. The van der Waals surface area contributed by atoms with Crippen molar-refractivity contribution in [1.29, 1.82) is 0 Å². The number of hydroxylamine groups is 1. The summed E-state index contributed by atoms with van der Waals surface area (Å²) < 4.78 is 0. The SMILES string of the molecule is CCONC(C[N+](=O)[O-])c1ccccc1. The normalized spacial score (nSPS) is 12.3. The van der Waals surface area contributed by atoms with Gasteiger partial charge in [0.15, 0.2) is 0 Å². The molecule has 1 aromatic rings. The first kappa shape index (κ1) is 11.6. The highest BCUT2D eigenvalue weighted by atomic mass is 16.6. The Morgan fingerprint density at radius 3 is 2.67 bits per heavy atom. The zero-order chi connectivity index (χ0) is 11.1.